The molecule has 0 radical (unpaired) electrons. The molecule has 0 bridgehead atoms. The van der Waals surface area contributed by atoms with Gasteiger partial charge in [-0.25, -0.2) is 19.0 Å². The molecule has 208 valence electrons. The van der Waals surface area contributed by atoms with E-state index in [4.69, 9.17) is 23.2 Å². The quantitative estimate of drug-likeness (QED) is 0.180. The highest BCUT2D eigenvalue weighted by Gasteiger charge is 2.24. The predicted octanol–water partition coefficient (Wildman–Crippen LogP) is 7.07. The number of aryl methyl sites for hydroxylation is 1. The standard InChI is InChI=1S/C21H24ClN5O.C6H2BrClIN3/c1-12(2)10-23-17-9-19(22)26-27-18(11-24-20(17)27)14-4-7-16(13(3)8-14)21(28)25-15-5-6-15;7-3-1-4(8)11-12-5(9)2-10-6(3)12/h4,7-9,11-12,15,23H,5-6,10H2,1-3H3,(H,25,28);1-2H. The first-order chi connectivity index (χ1) is 19.1. The number of nitrogens with zero attached hydrogens (tertiary/aromatic N) is 6. The van der Waals surface area contributed by atoms with Gasteiger partial charge in [-0.3, -0.25) is 4.79 Å². The van der Waals surface area contributed by atoms with Crippen LogP contribution in [0.25, 0.3) is 22.6 Å². The minimum absolute atomic E-state index is 0.00830. The van der Waals surface area contributed by atoms with E-state index in [0.717, 1.165) is 61.4 Å². The van der Waals surface area contributed by atoms with Gasteiger partial charge in [-0.15, -0.1) is 0 Å². The van der Waals surface area contributed by atoms with Gasteiger partial charge in [0.1, 0.15) is 3.70 Å². The zero-order chi connectivity index (χ0) is 28.6. The van der Waals surface area contributed by atoms with Gasteiger partial charge in [0.15, 0.2) is 21.6 Å². The van der Waals surface area contributed by atoms with Crippen molar-refractivity contribution in [3.05, 3.63) is 72.3 Å². The Labute approximate surface area is 263 Å². The second-order valence-corrected chi connectivity index (χ2v) is 12.7. The van der Waals surface area contributed by atoms with Gasteiger partial charge in [0.25, 0.3) is 5.91 Å². The molecule has 1 aliphatic carbocycles. The fourth-order valence-corrected chi connectivity index (χ4v) is 5.49. The number of benzene rings is 1. The number of fused-ring (bicyclic) bond motifs is 2. The van der Waals surface area contributed by atoms with Crippen LogP contribution >= 0.6 is 61.7 Å². The average Bonchev–Trinajstić information content (AvgIpc) is 3.48. The molecule has 9 nitrogen and oxygen atoms in total. The van der Waals surface area contributed by atoms with Crippen LogP contribution in [0.2, 0.25) is 10.3 Å². The molecule has 1 aliphatic rings. The molecule has 4 aromatic heterocycles. The number of halogens is 4. The molecule has 4 heterocycles. The number of carbonyl (C=O) groups excluding carboxylic acids is 1. The molecule has 13 heteroatoms. The molecule has 0 atom stereocenters. The Balaban J connectivity index is 0.000000223. The Bertz CT molecular complexity index is 1720. The zero-order valence-corrected chi connectivity index (χ0v) is 27.2. The molecule has 6 rings (SSSR count). The van der Waals surface area contributed by atoms with Gasteiger partial charge in [-0.05, 0) is 88.0 Å². The molecule has 5 aromatic rings. The molecule has 1 amide bonds. The van der Waals surface area contributed by atoms with Crippen LogP contribution in [-0.4, -0.2) is 47.7 Å². The number of imidazole rings is 2. The number of aromatic nitrogens is 6. The number of hydrogen-bond acceptors (Lipinski definition) is 6. The van der Waals surface area contributed by atoms with Crippen molar-refractivity contribution in [1.82, 2.24) is 34.5 Å². The Kier molecular flexibility index (Phi) is 8.83. The van der Waals surface area contributed by atoms with Crippen molar-refractivity contribution >= 4 is 84.6 Å². The molecule has 1 saturated carbocycles. The fourth-order valence-electron chi connectivity index (χ4n) is 4.02. The topological polar surface area (TPSA) is 102 Å². The van der Waals surface area contributed by atoms with Gasteiger partial charge in [0.2, 0.25) is 0 Å². The van der Waals surface area contributed by atoms with E-state index in [0.29, 0.717) is 27.8 Å². The van der Waals surface area contributed by atoms with Crippen molar-refractivity contribution in [2.24, 2.45) is 5.92 Å². The summed E-state index contributed by atoms with van der Waals surface area (Å²) < 4.78 is 5.23. The molecule has 0 saturated heterocycles. The van der Waals surface area contributed by atoms with Gasteiger partial charge in [-0.2, -0.15) is 10.2 Å². The smallest absolute Gasteiger partial charge is 0.251 e. The summed E-state index contributed by atoms with van der Waals surface area (Å²) in [6, 6.07) is 9.65. The lowest BCUT2D eigenvalue weighted by Gasteiger charge is -2.11. The van der Waals surface area contributed by atoms with Crippen molar-refractivity contribution in [2.45, 2.75) is 39.7 Å². The van der Waals surface area contributed by atoms with Gasteiger partial charge in [-0.1, -0.05) is 43.1 Å². The highest BCUT2D eigenvalue weighted by atomic mass is 127. The number of carbonyl (C=O) groups is 1. The summed E-state index contributed by atoms with van der Waals surface area (Å²) >= 11 is 17.5. The van der Waals surface area contributed by atoms with Crippen molar-refractivity contribution in [1.29, 1.82) is 0 Å². The SMILES string of the molecule is Cc1cc(-c2cnc3c(NCC(C)C)cc(Cl)nn23)ccc1C(=O)NC1CC1.Clc1cc(Br)c2ncc(I)n2n1. The summed E-state index contributed by atoms with van der Waals surface area (Å²) in [7, 11) is 0. The van der Waals surface area contributed by atoms with Gasteiger partial charge < -0.3 is 10.6 Å². The Morgan fingerprint density at radius 1 is 1.07 bits per heavy atom. The minimum atomic E-state index is -0.00830. The van der Waals surface area contributed by atoms with Crippen molar-refractivity contribution < 1.29 is 4.79 Å². The van der Waals surface area contributed by atoms with Crippen LogP contribution in [0.3, 0.4) is 0 Å². The number of anilines is 1. The highest BCUT2D eigenvalue weighted by Crippen LogP contribution is 2.28. The summed E-state index contributed by atoms with van der Waals surface area (Å²) in [6.45, 7) is 7.06. The van der Waals surface area contributed by atoms with E-state index < -0.39 is 0 Å². The van der Waals surface area contributed by atoms with E-state index in [1.807, 2.05) is 25.1 Å². The lowest BCUT2D eigenvalue weighted by Crippen LogP contribution is -2.26. The summed E-state index contributed by atoms with van der Waals surface area (Å²) in [6.07, 6.45) is 5.68. The third-order valence-corrected chi connectivity index (χ3v) is 7.86. The van der Waals surface area contributed by atoms with E-state index in [2.05, 4.69) is 83.2 Å². The second kappa shape index (κ2) is 12.2. The van der Waals surface area contributed by atoms with Crippen LogP contribution in [-0.2, 0) is 0 Å². The maximum atomic E-state index is 12.4. The molecule has 1 fully saturated rings. The molecule has 0 spiro atoms. The Hall–Kier alpha value is -2.48. The molecule has 0 unspecified atom stereocenters. The van der Waals surface area contributed by atoms with Gasteiger partial charge in [0, 0.05) is 29.8 Å². The highest BCUT2D eigenvalue weighted by molar-refractivity contribution is 14.1. The largest absolute Gasteiger partial charge is 0.382 e. The first kappa shape index (κ1) is 29.0. The molecule has 40 heavy (non-hydrogen) atoms. The maximum Gasteiger partial charge on any atom is 0.251 e. The zero-order valence-electron chi connectivity index (χ0n) is 21.9. The van der Waals surface area contributed by atoms with Crippen LogP contribution in [0.1, 0.15) is 42.6 Å². The summed E-state index contributed by atoms with van der Waals surface area (Å²) in [4.78, 5) is 21.1. The molecular formula is C27H26BrCl2IN8O. The molecule has 2 N–H and O–H groups in total. The number of nitrogens with one attached hydrogen (secondary N) is 2. The van der Waals surface area contributed by atoms with E-state index in [9.17, 15) is 4.79 Å². The first-order valence-electron chi connectivity index (χ1n) is 12.7. The molecule has 1 aromatic carbocycles. The van der Waals surface area contributed by atoms with Crippen molar-refractivity contribution in [2.75, 3.05) is 11.9 Å². The molecule has 0 aliphatic heterocycles. The summed E-state index contributed by atoms with van der Waals surface area (Å²) in [5.74, 6) is 0.490. The van der Waals surface area contributed by atoms with E-state index in [1.165, 1.54) is 0 Å². The normalized spacial score (nSPS) is 13.0. The number of rotatable bonds is 6. The maximum absolute atomic E-state index is 12.4. The van der Waals surface area contributed by atoms with E-state index in [1.54, 1.807) is 33.6 Å². The number of hydrogen-bond donors (Lipinski definition) is 2. The fraction of sp³-hybridized carbons (Fsp3) is 0.296. The first-order valence-corrected chi connectivity index (χ1v) is 15.3. The van der Waals surface area contributed by atoms with Gasteiger partial charge in [0.05, 0.1) is 28.2 Å². The average molecular weight is 756 g/mol. The van der Waals surface area contributed by atoms with Crippen LogP contribution in [0, 0.1) is 16.5 Å². The van der Waals surface area contributed by atoms with Gasteiger partial charge >= 0.3 is 0 Å². The van der Waals surface area contributed by atoms with E-state index in [-0.39, 0.29) is 5.91 Å². The second-order valence-electron chi connectivity index (χ2n) is 9.94. The third-order valence-electron chi connectivity index (χ3n) is 6.17. The predicted molar refractivity (Wildman–Crippen MR) is 170 cm³/mol. The van der Waals surface area contributed by atoms with Crippen LogP contribution in [0.4, 0.5) is 5.69 Å². The monoisotopic (exact) mass is 754 g/mol. The minimum Gasteiger partial charge on any atom is -0.382 e. The lowest BCUT2D eigenvalue weighted by atomic mass is 10.0. The Morgan fingerprint density at radius 2 is 1.77 bits per heavy atom. The van der Waals surface area contributed by atoms with E-state index >= 15 is 0 Å². The van der Waals surface area contributed by atoms with Crippen molar-refractivity contribution in [3.63, 3.8) is 0 Å². The van der Waals surface area contributed by atoms with Crippen molar-refractivity contribution in [3.8, 4) is 11.3 Å². The number of amides is 1. The van der Waals surface area contributed by atoms with Crippen LogP contribution < -0.4 is 10.6 Å². The lowest BCUT2D eigenvalue weighted by molar-refractivity contribution is 0.0950. The summed E-state index contributed by atoms with van der Waals surface area (Å²) in [5, 5.41) is 15.8. The molecular weight excluding hydrogens is 730 g/mol. The van der Waals surface area contributed by atoms with Crippen LogP contribution in [0.5, 0.6) is 0 Å². The summed E-state index contributed by atoms with van der Waals surface area (Å²) in [5.41, 5.74) is 5.77. The Morgan fingerprint density at radius 3 is 2.48 bits per heavy atom. The van der Waals surface area contributed by atoms with Crippen LogP contribution in [0.15, 0.2) is 47.2 Å². The third kappa shape index (κ3) is 6.53.